The summed E-state index contributed by atoms with van der Waals surface area (Å²) in [7, 11) is 0. The summed E-state index contributed by atoms with van der Waals surface area (Å²) in [5.74, 6) is 0.319. The van der Waals surface area contributed by atoms with E-state index in [2.05, 4.69) is 15.8 Å². The molecule has 0 spiro atoms. The van der Waals surface area contributed by atoms with Gasteiger partial charge in [-0.15, -0.1) is 0 Å². The number of halogens is 1. The fraction of sp³-hybridized carbons (Fsp3) is 0.300. The van der Waals surface area contributed by atoms with E-state index in [-0.39, 0.29) is 30.5 Å². The molecule has 1 aromatic heterocycles. The highest BCUT2D eigenvalue weighted by molar-refractivity contribution is 6.30. The third kappa shape index (κ3) is 5.68. The molecule has 2 aromatic rings. The van der Waals surface area contributed by atoms with Gasteiger partial charge in [-0.05, 0) is 31.6 Å². The Morgan fingerprint density at radius 3 is 2.83 bits per heavy atom. The predicted molar refractivity (Wildman–Crippen MR) is 111 cm³/mol. The number of carbonyl (C=O) groups excluding carboxylic acids is 2. The first-order chi connectivity index (χ1) is 13.9. The summed E-state index contributed by atoms with van der Waals surface area (Å²) in [6.45, 7) is 2.97. The average Bonchev–Trinajstić information content (AvgIpc) is 3.15. The van der Waals surface area contributed by atoms with Crippen molar-refractivity contribution in [3.8, 4) is 11.3 Å². The molecule has 29 heavy (non-hydrogen) atoms. The van der Waals surface area contributed by atoms with E-state index in [0.717, 1.165) is 18.5 Å². The first-order valence-corrected chi connectivity index (χ1v) is 9.64. The minimum absolute atomic E-state index is 0.0170. The molecule has 152 valence electrons. The van der Waals surface area contributed by atoms with Gasteiger partial charge in [0.05, 0.1) is 0 Å². The van der Waals surface area contributed by atoms with Gasteiger partial charge in [-0.25, -0.2) is 0 Å². The number of nitrogens with one attached hydrogen (secondary N) is 3. The Balaban J connectivity index is 1.54. The highest BCUT2D eigenvalue weighted by Gasteiger charge is 2.22. The van der Waals surface area contributed by atoms with Gasteiger partial charge in [-0.3, -0.25) is 19.8 Å². The van der Waals surface area contributed by atoms with Gasteiger partial charge in [0.25, 0.3) is 0 Å². The van der Waals surface area contributed by atoms with Gasteiger partial charge in [0.2, 0.25) is 17.7 Å². The monoisotopic (exact) mass is 415 g/mol. The Kier molecular flexibility index (Phi) is 6.66. The third-order valence-corrected chi connectivity index (χ3v) is 4.54. The summed E-state index contributed by atoms with van der Waals surface area (Å²) in [5, 5.41) is 17.9. The smallest absolute Gasteiger partial charge is 0.231 e. The van der Waals surface area contributed by atoms with Crippen LogP contribution < -0.4 is 10.6 Å². The van der Waals surface area contributed by atoms with Gasteiger partial charge in [-0.2, -0.15) is 0 Å². The highest BCUT2D eigenvalue weighted by atomic mass is 35.5. The summed E-state index contributed by atoms with van der Waals surface area (Å²) >= 11 is 5.87. The number of amides is 2. The van der Waals surface area contributed by atoms with Crippen molar-refractivity contribution in [1.82, 2.24) is 15.4 Å². The van der Waals surface area contributed by atoms with Crippen LogP contribution in [-0.2, 0) is 9.59 Å². The van der Waals surface area contributed by atoms with Crippen LogP contribution in [-0.4, -0.2) is 40.7 Å². The number of hydrogen-bond acceptors (Lipinski definition) is 6. The minimum atomic E-state index is -0.337. The lowest BCUT2D eigenvalue weighted by atomic mass is 10.1. The number of anilines is 1. The molecular weight excluding hydrogens is 394 g/mol. The Labute approximate surface area is 173 Å². The van der Waals surface area contributed by atoms with E-state index in [1.165, 1.54) is 0 Å². The lowest BCUT2D eigenvalue weighted by molar-refractivity contribution is -0.131. The summed E-state index contributed by atoms with van der Waals surface area (Å²) in [6, 6.07) is 8.71. The number of carbonyl (C=O) groups is 2. The van der Waals surface area contributed by atoms with Crippen molar-refractivity contribution in [2.75, 3.05) is 18.4 Å². The third-order valence-electron chi connectivity index (χ3n) is 4.29. The maximum absolute atomic E-state index is 12.5. The van der Waals surface area contributed by atoms with E-state index in [4.69, 9.17) is 21.5 Å². The molecule has 2 amide bonds. The van der Waals surface area contributed by atoms with Crippen LogP contribution in [0.1, 0.15) is 26.2 Å². The zero-order valence-electron chi connectivity index (χ0n) is 16.0. The standard InChI is InChI=1S/C20H22ClN5O3/c1-13(22)11-17-23-9-2-10-26(17)20(28)8-7-18(27)24-19-12-16(25-29-19)14-3-5-15(21)6-4-14/h3-6,11-12,22-23H,2,7-10H2,1H3,(H,24,27)/b17-11+,22-13?. The number of nitrogens with zero attached hydrogens (tertiary/aromatic N) is 2. The van der Waals surface area contributed by atoms with E-state index in [0.29, 0.717) is 28.8 Å². The molecule has 0 unspecified atom stereocenters. The van der Waals surface area contributed by atoms with E-state index in [9.17, 15) is 9.59 Å². The first-order valence-electron chi connectivity index (χ1n) is 9.26. The van der Waals surface area contributed by atoms with Crippen LogP contribution in [0.2, 0.25) is 5.02 Å². The molecule has 9 heteroatoms. The van der Waals surface area contributed by atoms with E-state index in [1.807, 2.05) is 0 Å². The van der Waals surface area contributed by atoms with Gasteiger partial charge in [-0.1, -0.05) is 28.9 Å². The molecule has 0 radical (unpaired) electrons. The molecule has 0 saturated carbocycles. The first kappa shape index (κ1) is 20.6. The molecular formula is C20H22ClN5O3. The molecule has 3 rings (SSSR count). The van der Waals surface area contributed by atoms with Crippen molar-refractivity contribution in [3.63, 3.8) is 0 Å². The number of hydrogen-bond donors (Lipinski definition) is 3. The normalized spacial score (nSPS) is 15.1. The van der Waals surface area contributed by atoms with Crippen molar-refractivity contribution < 1.29 is 14.1 Å². The van der Waals surface area contributed by atoms with Gasteiger partial charge in [0, 0.05) is 48.3 Å². The second-order valence-corrected chi connectivity index (χ2v) is 7.11. The SMILES string of the molecule is CC(=N)/C=C1\NCCCN1C(=O)CCC(=O)Nc1cc(-c2ccc(Cl)cc2)no1. The summed E-state index contributed by atoms with van der Waals surface area (Å²) in [5.41, 5.74) is 1.74. The lowest BCUT2D eigenvalue weighted by Crippen LogP contribution is -2.43. The Morgan fingerprint density at radius 1 is 1.34 bits per heavy atom. The summed E-state index contributed by atoms with van der Waals surface area (Å²) < 4.78 is 5.15. The molecule has 3 N–H and O–H groups in total. The van der Waals surface area contributed by atoms with Crippen LogP contribution >= 0.6 is 11.6 Å². The number of allylic oxidation sites excluding steroid dienone is 1. The molecule has 1 aliphatic rings. The van der Waals surface area contributed by atoms with E-state index < -0.39 is 0 Å². The van der Waals surface area contributed by atoms with Crippen molar-refractivity contribution >= 4 is 35.0 Å². The number of rotatable bonds is 6. The molecule has 1 fully saturated rings. The quantitative estimate of drug-likeness (QED) is 0.626. The summed E-state index contributed by atoms with van der Waals surface area (Å²) in [4.78, 5) is 26.3. The molecule has 0 aliphatic carbocycles. The van der Waals surface area contributed by atoms with Crippen LogP contribution in [0.25, 0.3) is 11.3 Å². The van der Waals surface area contributed by atoms with Crippen molar-refractivity contribution in [3.05, 3.63) is 47.3 Å². The Bertz CT molecular complexity index is 936. The van der Waals surface area contributed by atoms with Crippen molar-refractivity contribution in [2.45, 2.75) is 26.2 Å². The second kappa shape index (κ2) is 9.38. The number of benzene rings is 1. The van der Waals surface area contributed by atoms with E-state index >= 15 is 0 Å². The fourth-order valence-electron chi connectivity index (χ4n) is 2.91. The van der Waals surface area contributed by atoms with Crippen LogP contribution in [0.3, 0.4) is 0 Å². The van der Waals surface area contributed by atoms with Crippen LogP contribution in [0.4, 0.5) is 5.88 Å². The fourth-order valence-corrected chi connectivity index (χ4v) is 3.03. The lowest BCUT2D eigenvalue weighted by Gasteiger charge is -2.30. The molecule has 8 nitrogen and oxygen atoms in total. The predicted octanol–water partition coefficient (Wildman–Crippen LogP) is 3.42. The van der Waals surface area contributed by atoms with Gasteiger partial charge < -0.3 is 15.2 Å². The molecule has 1 aliphatic heterocycles. The molecule has 1 saturated heterocycles. The topological polar surface area (TPSA) is 111 Å². The zero-order chi connectivity index (χ0) is 20.8. The maximum atomic E-state index is 12.5. The minimum Gasteiger partial charge on any atom is -0.371 e. The summed E-state index contributed by atoms with van der Waals surface area (Å²) in [6.07, 6.45) is 2.51. The van der Waals surface area contributed by atoms with Crippen LogP contribution in [0.5, 0.6) is 0 Å². The van der Waals surface area contributed by atoms with Crippen molar-refractivity contribution in [1.29, 1.82) is 5.41 Å². The zero-order valence-corrected chi connectivity index (χ0v) is 16.8. The molecule has 0 atom stereocenters. The molecule has 1 aromatic carbocycles. The van der Waals surface area contributed by atoms with Crippen LogP contribution in [0.15, 0.2) is 46.8 Å². The number of aromatic nitrogens is 1. The second-order valence-electron chi connectivity index (χ2n) is 6.67. The molecule has 2 heterocycles. The highest BCUT2D eigenvalue weighted by Crippen LogP contribution is 2.23. The maximum Gasteiger partial charge on any atom is 0.231 e. The largest absolute Gasteiger partial charge is 0.371 e. The Morgan fingerprint density at radius 2 is 2.10 bits per heavy atom. The van der Waals surface area contributed by atoms with Crippen molar-refractivity contribution in [2.24, 2.45) is 0 Å². The average molecular weight is 416 g/mol. The van der Waals surface area contributed by atoms with Crippen LogP contribution in [0, 0.1) is 5.41 Å². The Hall–Kier alpha value is -3.13. The van der Waals surface area contributed by atoms with E-state index in [1.54, 1.807) is 48.2 Å². The van der Waals surface area contributed by atoms with Gasteiger partial charge >= 0.3 is 0 Å². The van der Waals surface area contributed by atoms with Gasteiger partial charge in [0.15, 0.2) is 0 Å². The molecule has 0 bridgehead atoms. The van der Waals surface area contributed by atoms with Gasteiger partial charge in [0.1, 0.15) is 11.5 Å².